The van der Waals surface area contributed by atoms with E-state index >= 15 is 0 Å². The van der Waals surface area contributed by atoms with E-state index in [2.05, 4.69) is 30.3 Å². The second-order valence-corrected chi connectivity index (χ2v) is 8.53. The number of nitrogens with zero attached hydrogens (tertiary/aromatic N) is 1. The van der Waals surface area contributed by atoms with Gasteiger partial charge >= 0.3 is 6.18 Å². The number of benzene rings is 2. The van der Waals surface area contributed by atoms with Crippen LogP contribution < -0.4 is 9.46 Å². The Labute approximate surface area is 172 Å². The molecule has 0 bridgehead atoms. The largest absolute Gasteiger partial charge is 0.495 e. The Morgan fingerprint density at radius 3 is 2.45 bits per heavy atom. The minimum Gasteiger partial charge on any atom is -0.495 e. The monoisotopic (exact) mass is 490 g/mol. The van der Waals surface area contributed by atoms with Crippen LogP contribution in [0.25, 0.3) is 11.3 Å². The number of hydrogen-bond acceptors (Lipinski definition) is 5. The number of nitrogens with one attached hydrogen (secondary N) is 1. The summed E-state index contributed by atoms with van der Waals surface area (Å²) < 4.78 is 76.5. The van der Waals surface area contributed by atoms with Crippen LogP contribution in [0.5, 0.6) is 5.75 Å². The van der Waals surface area contributed by atoms with Crippen molar-refractivity contribution in [3.05, 3.63) is 58.3 Å². The Balaban J connectivity index is 2.03. The fourth-order valence-corrected chi connectivity index (χ4v) is 4.49. The number of hydrogen-bond donors (Lipinski definition) is 1. The van der Waals surface area contributed by atoms with Crippen LogP contribution >= 0.6 is 15.9 Å². The van der Waals surface area contributed by atoms with E-state index in [-0.39, 0.29) is 21.9 Å². The molecule has 3 rings (SSSR count). The van der Waals surface area contributed by atoms with Gasteiger partial charge in [0.1, 0.15) is 16.3 Å². The van der Waals surface area contributed by atoms with Gasteiger partial charge in [0.2, 0.25) is 5.76 Å². The molecule has 0 unspecified atom stereocenters. The van der Waals surface area contributed by atoms with Gasteiger partial charge in [0.05, 0.1) is 12.8 Å². The van der Waals surface area contributed by atoms with Crippen molar-refractivity contribution in [2.45, 2.75) is 18.0 Å². The lowest BCUT2D eigenvalue weighted by molar-refractivity contribution is -0.155. The Morgan fingerprint density at radius 2 is 1.86 bits per heavy atom. The first-order chi connectivity index (χ1) is 13.5. The van der Waals surface area contributed by atoms with Crippen LogP contribution in [0.15, 0.2) is 56.4 Å². The Bertz CT molecular complexity index is 1160. The number of alkyl halides is 3. The lowest BCUT2D eigenvalue weighted by atomic mass is 10.1. The number of rotatable bonds is 5. The maximum Gasteiger partial charge on any atom is 0.452 e. The molecule has 0 aliphatic carbocycles. The molecule has 11 heteroatoms. The molecule has 1 heterocycles. The summed E-state index contributed by atoms with van der Waals surface area (Å²) in [6.07, 6.45) is -4.70. The first-order valence-corrected chi connectivity index (χ1v) is 10.3. The second kappa shape index (κ2) is 7.71. The summed E-state index contributed by atoms with van der Waals surface area (Å²) in [6, 6.07) is 9.63. The molecule has 1 N–H and O–H groups in total. The van der Waals surface area contributed by atoms with Crippen LogP contribution in [0.1, 0.15) is 11.3 Å². The van der Waals surface area contributed by atoms with E-state index in [1.165, 1.54) is 25.3 Å². The minimum absolute atomic E-state index is 0.0176. The van der Waals surface area contributed by atoms with E-state index in [1.54, 1.807) is 18.2 Å². The Hall–Kier alpha value is -2.53. The maximum absolute atomic E-state index is 12.9. The number of methoxy groups -OCH3 is 1. The van der Waals surface area contributed by atoms with Crippen LogP contribution in [-0.2, 0) is 16.2 Å². The molecular weight excluding hydrogens is 477 g/mol. The summed E-state index contributed by atoms with van der Waals surface area (Å²) in [5, 5.41) is 3.38. The molecule has 3 aromatic rings. The third kappa shape index (κ3) is 4.56. The Kier molecular flexibility index (Phi) is 5.63. The SMILES string of the molecule is COc1ccc(-c2cc(C(F)(F)F)on2)cc1S(=O)(=O)Nc1ccc(C)cc1Br. The number of aromatic nitrogens is 1. The highest BCUT2D eigenvalue weighted by atomic mass is 79.9. The van der Waals surface area contributed by atoms with E-state index in [4.69, 9.17) is 4.74 Å². The van der Waals surface area contributed by atoms with Gasteiger partial charge in [0.25, 0.3) is 10.0 Å². The highest BCUT2D eigenvalue weighted by Gasteiger charge is 2.36. The van der Waals surface area contributed by atoms with E-state index in [1.807, 2.05) is 6.92 Å². The summed E-state index contributed by atoms with van der Waals surface area (Å²) in [7, 11) is -2.84. The molecule has 29 heavy (non-hydrogen) atoms. The zero-order valence-electron chi connectivity index (χ0n) is 15.0. The summed E-state index contributed by atoms with van der Waals surface area (Å²) in [5.41, 5.74) is 1.18. The average molecular weight is 491 g/mol. The molecule has 0 saturated carbocycles. The fraction of sp³-hybridized carbons (Fsp3) is 0.167. The van der Waals surface area contributed by atoms with Gasteiger partial charge in [-0.25, -0.2) is 8.42 Å². The molecule has 6 nitrogen and oxygen atoms in total. The molecule has 0 spiro atoms. The number of halogens is 4. The molecule has 0 atom stereocenters. The zero-order chi connectivity index (χ0) is 21.4. The van der Waals surface area contributed by atoms with E-state index < -0.39 is 22.0 Å². The van der Waals surface area contributed by atoms with Gasteiger partial charge in [0, 0.05) is 16.1 Å². The average Bonchev–Trinajstić information content (AvgIpc) is 3.14. The molecule has 0 saturated heterocycles. The van der Waals surface area contributed by atoms with Crippen molar-refractivity contribution in [1.29, 1.82) is 0 Å². The quantitative estimate of drug-likeness (QED) is 0.528. The molecule has 0 amide bonds. The van der Waals surface area contributed by atoms with Gasteiger partial charge in [-0.1, -0.05) is 11.2 Å². The normalized spacial score (nSPS) is 12.1. The van der Waals surface area contributed by atoms with Crippen molar-refractivity contribution in [3.8, 4) is 17.0 Å². The molecule has 0 fully saturated rings. The smallest absolute Gasteiger partial charge is 0.452 e. The highest BCUT2D eigenvalue weighted by Crippen LogP contribution is 2.35. The lowest BCUT2D eigenvalue weighted by Crippen LogP contribution is -2.14. The molecular formula is C18H14BrF3N2O4S. The van der Waals surface area contributed by atoms with Crippen LogP contribution in [0.4, 0.5) is 18.9 Å². The minimum atomic E-state index is -4.70. The predicted octanol–water partition coefficient (Wildman–Crippen LogP) is 5.24. The van der Waals surface area contributed by atoms with Crippen molar-refractivity contribution in [2.75, 3.05) is 11.8 Å². The molecule has 2 aromatic carbocycles. The van der Waals surface area contributed by atoms with Crippen LogP contribution in [-0.4, -0.2) is 20.7 Å². The first-order valence-electron chi connectivity index (χ1n) is 8.02. The number of aryl methyl sites for hydroxylation is 1. The van der Waals surface area contributed by atoms with Crippen molar-refractivity contribution >= 4 is 31.6 Å². The van der Waals surface area contributed by atoms with Crippen molar-refractivity contribution < 1.29 is 30.8 Å². The van der Waals surface area contributed by atoms with Gasteiger partial charge in [-0.2, -0.15) is 13.2 Å². The van der Waals surface area contributed by atoms with E-state index in [9.17, 15) is 21.6 Å². The second-order valence-electron chi connectivity index (χ2n) is 6.03. The van der Waals surface area contributed by atoms with Gasteiger partial charge in [-0.3, -0.25) is 4.72 Å². The number of anilines is 1. The van der Waals surface area contributed by atoms with Gasteiger partial charge in [-0.15, -0.1) is 0 Å². The number of sulfonamides is 1. The van der Waals surface area contributed by atoms with Gasteiger partial charge in [-0.05, 0) is 58.7 Å². The summed E-state index contributed by atoms with van der Waals surface area (Å²) in [6.45, 7) is 1.85. The number of ether oxygens (including phenoxy) is 1. The van der Waals surface area contributed by atoms with Crippen molar-refractivity contribution in [3.63, 3.8) is 0 Å². The van der Waals surface area contributed by atoms with Crippen LogP contribution in [0.3, 0.4) is 0 Å². The summed E-state index contributed by atoms with van der Waals surface area (Å²) >= 11 is 3.29. The molecule has 154 valence electrons. The van der Waals surface area contributed by atoms with Crippen molar-refractivity contribution in [2.24, 2.45) is 0 Å². The molecule has 0 radical (unpaired) electrons. The first kappa shape index (κ1) is 21.2. The molecule has 0 aliphatic rings. The summed E-state index contributed by atoms with van der Waals surface area (Å²) in [4.78, 5) is -0.262. The fourth-order valence-electron chi connectivity index (χ4n) is 2.49. The van der Waals surface area contributed by atoms with Crippen LogP contribution in [0.2, 0.25) is 0 Å². The van der Waals surface area contributed by atoms with Gasteiger partial charge in [0.15, 0.2) is 0 Å². The molecule has 0 aliphatic heterocycles. The Morgan fingerprint density at radius 1 is 1.14 bits per heavy atom. The highest BCUT2D eigenvalue weighted by molar-refractivity contribution is 9.10. The standard InChI is InChI=1S/C18H14BrF3N2O4S/c1-10-3-5-13(12(19)7-10)24-29(25,26)16-8-11(4-6-15(16)27-2)14-9-17(28-23-14)18(20,21)22/h3-9,24H,1-2H3. The molecule has 1 aromatic heterocycles. The van der Waals surface area contributed by atoms with Crippen LogP contribution in [0, 0.1) is 6.92 Å². The van der Waals surface area contributed by atoms with Crippen molar-refractivity contribution in [1.82, 2.24) is 5.16 Å². The topological polar surface area (TPSA) is 81.4 Å². The third-order valence-corrected chi connectivity index (χ3v) is 5.95. The maximum atomic E-state index is 12.9. The van der Waals surface area contributed by atoms with Gasteiger partial charge < -0.3 is 9.26 Å². The van der Waals surface area contributed by atoms with E-state index in [0.29, 0.717) is 16.2 Å². The lowest BCUT2D eigenvalue weighted by Gasteiger charge is -2.14. The summed E-state index contributed by atoms with van der Waals surface area (Å²) in [5.74, 6) is -1.27. The third-order valence-electron chi connectivity index (χ3n) is 3.91. The zero-order valence-corrected chi connectivity index (χ0v) is 17.4. The van der Waals surface area contributed by atoms with E-state index in [0.717, 1.165) is 5.56 Å². The predicted molar refractivity (Wildman–Crippen MR) is 103 cm³/mol.